The van der Waals surface area contributed by atoms with E-state index in [0.29, 0.717) is 0 Å². The van der Waals surface area contributed by atoms with Gasteiger partial charge in [-0.3, -0.25) is 4.90 Å². The van der Waals surface area contributed by atoms with E-state index in [9.17, 15) is 0 Å². The molecule has 5 nitrogen and oxygen atoms in total. The molecular weight excluding hydrogens is 294 g/mol. The maximum absolute atomic E-state index is 6.13. The zero-order valence-electron chi connectivity index (χ0n) is 10.7. The quantitative estimate of drug-likeness (QED) is 0.911. The summed E-state index contributed by atoms with van der Waals surface area (Å²) < 4.78 is 0.912. The lowest BCUT2D eigenvalue weighted by molar-refractivity contribution is 0.178. The van der Waals surface area contributed by atoms with Crippen molar-refractivity contribution < 1.29 is 0 Å². The Bertz CT molecular complexity index is 361. The predicted molar refractivity (Wildman–Crippen MR) is 76.4 cm³/mol. The summed E-state index contributed by atoms with van der Waals surface area (Å²) in [5, 5.41) is 0. The van der Waals surface area contributed by atoms with E-state index in [0.717, 1.165) is 49.4 Å². The molecule has 2 rings (SSSR count). The van der Waals surface area contributed by atoms with Crippen molar-refractivity contribution in [2.24, 2.45) is 5.73 Å². The molecule has 6 heteroatoms. The number of piperazine rings is 1. The molecule has 1 aromatic rings. The van der Waals surface area contributed by atoms with E-state index in [-0.39, 0.29) is 6.17 Å². The largest absolute Gasteiger partial charge is 0.338 e. The van der Waals surface area contributed by atoms with Crippen molar-refractivity contribution in [1.82, 2.24) is 14.9 Å². The minimum Gasteiger partial charge on any atom is -0.338 e. The predicted octanol–water partition coefficient (Wildman–Crippen LogP) is 1.45. The summed E-state index contributed by atoms with van der Waals surface area (Å²) in [7, 11) is 0. The Morgan fingerprint density at radius 3 is 2.44 bits per heavy atom. The molecule has 1 aliphatic rings. The lowest BCUT2D eigenvalue weighted by Crippen LogP contribution is -2.53. The van der Waals surface area contributed by atoms with Gasteiger partial charge in [-0.25, -0.2) is 9.97 Å². The van der Waals surface area contributed by atoms with Crippen LogP contribution in [0.5, 0.6) is 0 Å². The third kappa shape index (κ3) is 3.40. The topological polar surface area (TPSA) is 58.3 Å². The van der Waals surface area contributed by atoms with Gasteiger partial charge in [-0.15, -0.1) is 0 Å². The first kappa shape index (κ1) is 13.7. The van der Waals surface area contributed by atoms with E-state index in [1.165, 1.54) is 0 Å². The highest BCUT2D eigenvalue weighted by molar-refractivity contribution is 9.10. The van der Waals surface area contributed by atoms with Crippen LogP contribution >= 0.6 is 15.9 Å². The zero-order valence-corrected chi connectivity index (χ0v) is 12.3. The van der Waals surface area contributed by atoms with E-state index in [2.05, 4.69) is 42.6 Å². The SMILES string of the molecule is CCCC(N)N1CCN(c2ncc(Br)cn2)CC1. The third-order valence-electron chi connectivity index (χ3n) is 3.26. The van der Waals surface area contributed by atoms with Crippen LogP contribution in [-0.4, -0.2) is 47.2 Å². The number of hydrogen-bond donors (Lipinski definition) is 1. The van der Waals surface area contributed by atoms with E-state index in [1.54, 1.807) is 12.4 Å². The number of rotatable bonds is 4. The van der Waals surface area contributed by atoms with E-state index in [1.807, 2.05) is 0 Å². The molecule has 0 amide bonds. The summed E-state index contributed by atoms with van der Waals surface area (Å²) in [6, 6.07) is 0. The Morgan fingerprint density at radius 2 is 1.89 bits per heavy atom. The van der Waals surface area contributed by atoms with Crippen LogP contribution < -0.4 is 10.6 Å². The molecule has 0 aromatic carbocycles. The normalized spacial score (nSPS) is 18.9. The van der Waals surface area contributed by atoms with Crippen LogP contribution in [0.25, 0.3) is 0 Å². The van der Waals surface area contributed by atoms with Crippen molar-refractivity contribution in [3.05, 3.63) is 16.9 Å². The number of aromatic nitrogens is 2. The van der Waals surface area contributed by atoms with E-state index < -0.39 is 0 Å². The molecule has 0 aliphatic carbocycles. The molecule has 2 heterocycles. The van der Waals surface area contributed by atoms with Crippen LogP contribution in [0.15, 0.2) is 16.9 Å². The molecular formula is C12H20BrN5. The highest BCUT2D eigenvalue weighted by Crippen LogP contribution is 2.14. The first-order valence-electron chi connectivity index (χ1n) is 6.43. The molecule has 100 valence electrons. The molecule has 2 N–H and O–H groups in total. The lowest BCUT2D eigenvalue weighted by Gasteiger charge is -2.37. The van der Waals surface area contributed by atoms with Gasteiger partial charge in [0, 0.05) is 38.6 Å². The fourth-order valence-electron chi connectivity index (χ4n) is 2.20. The maximum Gasteiger partial charge on any atom is 0.225 e. The third-order valence-corrected chi connectivity index (χ3v) is 3.67. The van der Waals surface area contributed by atoms with Crippen LogP contribution in [0.4, 0.5) is 5.95 Å². The van der Waals surface area contributed by atoms with Crippen molar-refractivity contribution in [2.45, 2.75) is 25.9 Å². The van der Waals surface area contributed by atoms with Gasteiger partial charge in [-0.1, -0.05) is 13.3 Å². The van der Waals surface area contributed by atoms with Crippen molar-refractivity contribution in [2.75, 3.05) is 31.1 Å². The van der Waals surface area contributed by atoms with E-state index >= 15 is 0 Å². The van der Waals surface area contributed by atoms with Gasteiger partial charge in [-0.2, -0.15) is 0 Å². The summed E-state index contributed by atoms with van der Waals surface area (Å²) in [6.45, 7) is 6.03. The van der Waals surface area contributed by atoms with Crippen LogP contribution in [0.3, 0.4) is 0 Å². The fourth-order valence-corrected chi connectivity index (χ4v) is 2.41. The molecule has 1 saturated heterocycles. The highest BCUT2D eigenvalue weighted by atomic mass is 79.9. The summed E-state index contributed by atoms with van der Waals surface area (Å²) in [4.78, 5) is 13.2. The second kappa shape index (κ2) is 6.45. The molecule has 1 unspecified atom stereocenters. The minimum atomic E-state index is 0.197. The minimum absolute atomic E-state index is 0.197. The van der Waals surface area contributed by atoms with Crippen LogP contribution in [-0.2, 0) is 0 Å². The van der Waals surface area contributed by atoms with Crippen molar-refractivity contribution in [1.29, 1.82) is 0 Å². The average Bonchev–Trinajstić information content (AvgIpc) is 2.40. The van der Waals surface area contributed by atoms with Gasteiger partial charge in [0.1, 0.15) is 0 Å². The van der Waals surface area contributed by atoms with Gasteiger partial charge in [0.25, 0.3) is 0 Å². The number of nitrogens with two attached hydrogens (primary N) is 1. The van der Waals surface area contributed by atoms with Gasteiger partial charge in [0.2, 0.25) is 5.95 Å². The number of hydrogen-bond acceptors (Lipinski definition) is 5. The summed E-state index contributed by atoms with van der Waals surface area (Å²) in [6.07, 6.45) is 5.98. The summed E-state index contributed by atoms with van der Waals surface area (Å²) in [5.41, 5.74) is 6.13. The molecule has 0 bridgehead atoms. The molecule has 1 atom stereocenters. The van der Waals surface area contributed by atoms with Gasteiger partial charge >= 0.3 is 0 Å². The standard InChI is InChI=1S/C12H20BrN5/c1-2-3-11(14)17-4-6-18(7-5-17)12-15-8-10(13)9-16-12/h8-9,11H,2-7,14H2,1H3. The molecule has 1 fully saturated rings. The number of halogens is 1. The van der Waals surface area contributed by atoms with E-state index in [4.69, 9.17) is 5.73 Å². The van der Waals surface area contributed by atoms with Gasteiger partial charge in [0.15, 0.2) is 0 Å². The first-order valence-corrected chi connectivity index (χ1v) is 7.22. The van der Waals surface area contributed by atoms with Crippen molar-refractivity contribution in [3.8, 4) is 0 Å². The van der Waals surface area contributed by atoms with Gasteiger partial charge in [0.05, 0.1) is 10.6 Å². The lowest BCUT2D eigenvalue weighted by atomic mass is 10.2. The smallest absolute Gasteiger partial charge is 0.225 e. The fraction of sp³-hybridized carbons (Fsp3) is 0.667. The van der Waals surface area contributed by atoms with Crippen LogP contribution in [0.1, 0.15) is 19.8 Å². The monoisotopic (exact) mass is 313 g/mol. The molecule has 1 aliphatic heterocycles. The maximum atomic E-state index is 6.13. The van der Waals surface area contributed by atoms with Crippen LogP contribution in [0, 0.1) is 0 Å². The van der Waals surface area contributed by atoms with Crippen LogP contribution in [0.2, 0.25) is 0 Å². The average molecular weight is 314 g/mol. The Hall–Kier alpha value is -0.720. The Labute approximate surface area is 117 Å². The second-order valence-electron chi connectivity index (χ2n) is 4.58. The number of nitrogens with zero attached hydrogens (tertiary/aromatic N) is 4. The molecule has 0 saturated carbocycles. The number of anilines is 1. The highest BCUT2D eigenvalue weighted by Gasteiger charge is 2.22. The molecule has 1 aromatic heterocycles. The second-order valence-corrected chi connectivity index (χ2v) is 5.50. The zero-order chi connectivity index (χ0) is 13.0. The van der Waals surface area contributed by atoms with Crippen molar-refractivity contribution in [3.63, 3.8) is 0 Å². The Kier molecular flexibility index (Phi) is 4.91. The molecule has 0 spiro atoms. The summed E-state index contributed by atoms with van der Waals surface area (Å²) >= 11 is 3.35. The van der Waals surface area contributed by atoms with Gasteiger partial charge < -0.3 is 10.6 Å². The Morgan fingerprint density at radius 1 is 1.28 bits per heavy atom. The first-order chi connectivity index (χ1) is 8.70. The Balaban J connectivity index is 1.88. The summed E-state index contributed by atoms with van der Waals surface area (Å²) in [5.74, 6) is 0.807. The molecule has 18 heavy (non-hydrogen) atoms. The van der Waals surface area contributed by atoms with Crippen molar-refractivity contribution >= 4 is 21.9 Å². The molecule has 0 radical (unpaired) electrons. The van der Waals surface area contributed by atoms with Gasteiger partial charge in [-0.05, 0) is 22.4 Å².